The highest BCUT2D eigenvalue weighted by Crippen LogP contribution is 2.07. The van der Waals surface area contributed by atoms with Gasteiger partial charge in [-0.2, -0.15) is 0 Å². The first-order valence-corrected chi connectivity index (χ1v) is 11.0. The number of hydrogen-bond donors (Lipinski definition) is 2. The van der Waals surface area contributed by atoms with E-state index in [0.29, 0.717) is 39.1 Å². The second-order valence-electron chi connectivity index (χ2n) is 6.41. The van der Waals surface area contributed by atoms with Crippen LogP contribution in [0.5, 0.6) is 0 Å². The smallest absolute Gasteiger partial charge is 0.240 e. The molecule has 0 radical (unpaired) electrons. The molecule has 0 aliphatic carbocycles. The standard InChI is InChI=1S/C21H28N2O4S/c24-21(22-16-17-27-18-19-10-4-1-5-11-19)14-8-3-9-15-23-28(25,26)20-12-6-2-7-13-20/h1-2,4-7,10-13,23H,3,8-9,14-18H2,(H,22,24). The molecule has 28 heavy (non-hydrogen) atoms. The molecule has 0 aliphatic rings. The second-order valence-corrected chi connectivity index (χ2v) is 8.18. The van der Waals surface area contributed by atoms with E-state index in [1.165, 1.54) is 0 Å². The lowest BCUT2D eigenvalue weighted by Crippen LogP contribution is -2.27. The number of benzene rings is 2. The molecule has 1 amide bonds. The molecule has 6 nitrogen and oxygen atoms in total. The van der Waals surface area contributed by atoms with Crippen LogP contribution in [0.1, 0.15) is 31.2 Å². The van der Waals surface area contributed by atoms with E-state index >= 15 is 0 Å². The van der Waals surface area contributed by atoms with Crippen molar-refractivity contribution in [2.45, 2.75) is 37.2 Å². The van der Waals surface area contributed by atoms with Gasteiger partial charge in [-0.15, -0.1) is 0 Å². The lowest BCUT2D eigenvalue weighted by Gasteiger charge is -2.08. The maximum absolute atomic E-state index is 12.0. The van der Waals surface area contributed by atoms with Crippen molar-refractivity contribution in [1.82, 2.24) is 10.0 Å². The van der Waals surface area contributed by atoms with E-state index in [0.717, 1.165) is 18.4 Å². The van der Waals surface area contributed by atoms with E-state index in [2.05, 4.69) is 10.0 Å². The van der Waals surface area contributed by atoms with Gasteiger partial charge >= 0.3 is 0 Å². The Labute approximate surface area is 167 Å². The molecule has 0 saturated carbocycles. The monoisotopic (exact) mass is 404 g/mol. The summed E-state index contributed by atoms with van der Waals surface area (Å²) in [5, 5.41) is 2.83. The summed E-state index contributed by atoms with van der Waals surface area (Å²) in [5.41, 5.74) is 1.11. The summed E-state index contributed by atoms with van der Waals surface area (Å²) in [5.74, 6) is -0.00632. The quantitative estimate of drug-likeness (QED) is 0.503. The highest BCUT2D eigenvalue weighted by atomic mass is 32.2. The highest BCUT2D eigenvalue weighted by Gasteiger charge is 2.11. The lowest BCUT2D eigenvalue weighted by atomic mass is 10.2. The van der Waals surface area contributed by atoms with Crippen LogP contribution in [0.3, 0.4) is 0 Å². The van der Waals surface area contributed by atoms with Crippen molar-refractivity contribution < 1.29 is 17.9 Å². The van der Waals surface area contributed by atoms with Crippen molar-refractivity contribution in [2.24, 2.45) is 0 Å². The van der Waals surface area contributed by atoms with Gasteiger partial charge in [0.25, 0.3) is 0 Å². The van der Waals surface area contributed by atoms with Crippen molar-refractivity contribution in [3.63, 3.8) is 0 Å². The topological polar surface area (TPSA) is 84.5 Å². The predicted molar refractivity (Wildman–Crippen MR) is 109 cm³/mol. The van der Waals surface area contributed by atoms with Crippen LogP contribution in [0, 0.1) is 0 Å². The first-order chi connectivity index (χ1) is 13.6. The fraction of sp³-hybridized carbons (Fsp3) is 0.381. The van der Waals surface area contributed by atoms with E-state index in [9.17, 15) is 13.2 Å². The minimum Gasteiger partial charge on any atom is -0.375 e. The number of ether oxygens (including phenoxy) is 1. The Morgan fingerprint density at radius 2 is 1.54 bits per heavy atom. The third kappa shape index (κ3) is 8.65. The van der Waals surface area contributed by atoms with Crippen molar-refractivity contribution in [1.29, 1.82) is 0 Å². The van der Waals surface area contributed by atoms with Crippen LogP contribution in [0.15, 0.2) is 65.6 Å². The minimum absolute atomic E-state index is 0.00632. The molecule has 7 heteroatoms. The van der Waals surface area contributed by atoms with Gasteiger partial charge in [0, 0.05) is 19.5 Å². The SMILES string of the molecule is O=C(CCCCCNS(=O)(=O)c1ccccc1)NCCOCc1ccccc1. The van der Waals surface area contributed by atoms with Crippen molar-refractivity contribution in [3.05, 3.63) is 66.2 Å². The molecule has 2 N–H and O–H groups in total. The molecule has 0 aliphatic heterocycles. The van der Waals surface area contributed by atoms with Gasteiger partial charge in [0.05, 0.1) is 18.1 Å². The van der Waals surface area contributed by atoms with E-state index in [1.807, 2.05) is 30.3 Å². The van der Waals surface area contributed by atoms with Crippen LogP contribution in [-0.4, -0.2) is 34.0 Å². The zero-order chi connectivity index (χ0) is 20.1. The van der Waals surface area contributed by atoms with E-state index in [1.54, 1.807) is 30.3 Å². The van der Waals surface area contributed by atoms with E-state index in [-0.39, 0.29) is 10.8 Å². The summed E-state index contributed by atoms with van der Waals surface area (Å²) in [7, 11) is -3.44. The molecule has 152 valence electrons. The zero-order valence-corrected chi connectivity index (χ0v) is 16.8. The van der Waals surface area contributed by atoms with Crippen LogP contribution < -0.4 is 10.0 Å². The maximum atomic E-state index is 12.0. The Morgan fingerprint density at radius 3 is 2.25 bits per heavy atom. The van der Waals surface area contributed by atoms with E-state index in [4.69, 9.17) is 4.74 Å². The molecular weight excluding hydrogens is 376 g/mol. The molecule has 2 aromatic carbocycles. The predicted octanol–water partition coefficient (Wildman–Crippen LogP) is 2.86. The number of unbranched alkanes of at least 4 members (excludes halogenated alkanes) is 2. The zero-order valence-electron chi connectivity index (χ0n) is 16.0. The van der Waals surface area contributed by atoms with Crippen molar-refractivity contribution in [3.8, 4) is 0 Å². The molecule has 0 spiro atoms. The lowest BCUT2D eigenvalue weighted by molar-refractivity contribution is -0.121. The largest absolute Gasteiger partial charge is 0.375 e. The third-order valence-corrected chi connectivity index (χ3v) is 5.58. The summed E-state index contributed by atoms with van der Waals surface area (Å²) < 4.78 is 32.2. The Hall–Kier alpha value is -2.22. The van der Waals surface area contributed by atoms with Gasteiger partial charge in [0.2, 0.25) is 15.9 Å². The molecule has 0 unspecified atom stereocenters. The number of nitrogens with one attached hydrogen (secondary N) is 2. The number of sulfonamides is 1. The summed E-state index contributed by atoms with van der Waals surface area (Å²) in [4.78, 5) is 12.0. The molecule has 0 bridgehead atoms. The van der Waals surface area contributed by atoms with Gasteiger partial charge in [0.1, 0.15) is 0 Å². The van der Waals surface area contributed by atoms with Crippen LogP contribution in [-0.2, 0) is 26.2 Å². The molecule has 2 aromatic rings. The van der Waals surface area contributed by atoms with Gasteiger partial charge in [-0.25, -0.2) is 13.1 Å². The Balaban J connectivity index is 1.46. The van der Waals surface area contributed by atoms with Crippen molar-refractivity contribution in [2.75, 3.05) is 19.7 Å². The molecule has 0 fully saturated rings. The summed E-state index contributed by atoms with van der Waals surface area (Å²) in [6, 6.07) is 18.2. The summed E-state index contributed by atoms with van der Waals surface area (Å²) in [6.07, 6.45) is 2.64. The fourth-order valence-corrected chi connectivity index (χ4v) is 3.69. The molecule has 0 atom stereocenters. The minimum atomic E-state index is -3.44. The molecule has 0 heterocycles. The first-order valence-electron chi connectivity index (χ1n) is 9.51. The van der Waals surface area contributed by atoms with Gasteiger partial charge < -0.3 is 10.1 Å². The Kier molecular flexibility index (Phi) is 9.68. The van der Waals surface area contributed by atoms with Crippen LogP contribution >= 0.6 is 0 Å². The number of hydrogen-bond acceptors (Lipinski definition) is 4. The molecule has 0 aromatic heterocycles. The van der Waals surface area contributed by atoms with Gasteiger partial charge in [-0.1, -0.05) is 55.0 Å². The first kappa shape index (κ1) is 22.1. The van der Waals surface area contributed by atoms with Crippen LogP contribution in [0.25, 0.3) is 0 Å². The average molecular weight is 405 g/mol. The van der Waals surface area contributed by atoms with Gasteiger partial charge in [0.15, 0.2) is 0 Å². The van der Waals surface area contributed by atoms with Crippen LogP contribution in [0.4, 0.5) is 0 Å². The van der Waals surface area contributed by atoms with Gasteiger partial charge in [-0.05, 0) is 30.5 Å². The maximum Gasteiger partial charge on any atom is 0.240 e. The summed E-state index contributed by atoms with van der Waals surface area (Å²) in [6.45, 7) is 1.87. The number of carbonyl (C=O) groups is 1. The normalized spacial score (nSPS) is 11.3. The number of carbonyl (C=O) groups excluding carboxylic acids is 1. The van der Waals surface area contributed by atoms with Gasteiger partial charge in [-0.3, -0.25) is 4.79 Å². The van der Waals surface area contributed by atoms with Crippen molar-refractivity contribution >= 4 is 15.9 Å². The van der Waals surface area contributed by atoms with E-state index < -0.39 is 10.0 Å². The Morgan fingerprint density at radius 1 is 0.857 bits per heavy atom. The molecule has 0 saturated heterocycles. The van der Waals surface area contributed by atoms with Crippen LogP contribution in [0.2, 0.25) is 0 Å². The molecule has 2 rings (SSSR count). The average Bonchev–Trinajstić information content (AvgIpc) is 2.72. The fourth-order valence-electron chi connectivity index (χ4n) is 2.59. The summed E-state index contributed by atoms with van der Waals surface area (Å²) >= 11 is 0. The third-order valence-electron chi connectivity index (χ3n) is 4.11. The number of amides is 1. The number of rotatable bonds is 13. The molecular formula is C21H28N2O4S. The Bertz CT molecular complexity index is 796. The highest BCUT2D eigenvalue weighted by molar-refractivity contribution is 7.89. The second kappa shape index (κ2) is 12.3.